The second-order valence-electron chi connectivity index (χ2n) is 30.3. The molecule has 0 amide bonds. The molecule has 0 spiro atoms. The number of aromatic nitrogens is 13. The van der Waals surface area contributed by atoms with Crippen LogP contribution < -0.4 is 48.0 Å². The van der Waals surface area contributed by atoms with E-state index >= 15 is 0 Å². The number of benzene rings is 6. The van der Waals surface area contributed by atoms with Gasteiger partial charge in [-0.3, -0.25) is 4.79 Å². The Balaban J connectivity index is 0.000000127. The highest BCUT2D eigenvalue weighted by molar-refractivity contribution is 7.92. The summed E-state index contributed by atoms with van der Waals surface area (Å²) in [6.07, 6.45) is 28.0. The average Bonchev–Trinajstić information content (AvgIpc) is 1.60. The quantitative estimate of drug-likeness (QED) is 0.0386. The molecule has 4 aliphatic carbocycles. The van der Waals surface area contributed by atoms with Crippen molar-refractivity contribution in [3.05, 3.63) is 256 Å². The first-order chi connectivity index (χ1) is 59.7. The molecule has 6 aromatic carbocycles. The molecule has 14 aromatic rings. The fourth-order valence-electron chi connectivity index (χ4n) is 16.2. The van der Waals surface area contributed by atoms with Gasteiger partial charge in [-0.25, -0.2) is 55.2 Å². The number of aromatic amines is 1. The summed E-state index contributed by atoms with van der Waals surface area (Å²) in [6.45, 7) is 1.18. The first-order valence-corrected chi connectivity index (χ1v) is 46.5. The zero-order valence-corrected chi connectivity index (χ0v) is 72.1. The minimum absolute atomic E-state index is 0.0104. The van der Waals surface area contributed by atoms with E-state index in [-0.39, 0.29) is 103 Å². The van der Waals surface area contributed by atoms with Crippen molar-refractivity contribution in [1.29, 1.82) is 0 Å². The van der Waals surface area contributed by atoms with E-state index in [0.29, 0.717) is 70.9 Å². The number of nitrogens with zero attached hydrogens (tertiary/aromatic N) is 12. The predicted molar refractivity (Wildman–Crippen MR) is 477 cm³/mol. The molecule has 0 radical (unpaired) electrons. The topological polar surface area (TPSA) is 410 Å². The van der Waals surface area contributed by atoms with Gasteiger partial charge in [0.05, 0.1) is 21.0 Å². The summed E-state index contributed by atoms with van der Waals surface area (Å²) < 4.78 is 103. The Labute approximate surface area is 728 Å². The molecule has 28 nitrogen and oxygen atoms in total. The highest BCUT2D eigenvalue weighted by Crippen LogP contribution is 2.46. The Morgan fingerprint density at radius 3 is 1.11 bits per heavy atom. The Bertz CT molecular complexity index is 6350. The van der Waals surface area contributed by atoms with Crippen LogP contribution in [0.1, 0.15) is 163 Å². The standard InChI is InChI=1S/C25H26N4O3S.C18H19ClN4O2S.C18H20N4O3S.C17H20ClN3O.C11H10ClN3O/c26-24-23(33(30,31)20-14-8-3-9-15-20)21-22(29(24)19-12-6-2-7-13-19)25(28-17-27-21)32-16-18-10-4-1-5-11-18;19-17-15-14(21-11-22-17)16(26(24,25)13-9-5-2-6-10-13)18(20)23(15)12-7-3-1-4-8-12;19-17-16(26(24,25)13-9-5-2-6-10-13)14-15(18(23)21-11-20-14)22(17)12-7-3-1-4-8-12;18-16-15(21-14-9-5-2-6-10-14)17(20-12-19-16)22-11-13-7-3-1-4-8-13;12-10-9(13)11(15-7-14-10)16-6-8-4-2-1-3-5-8/h1,3-5,8-11,14-15,17,19H,2,6-7,12-13,16,26H2;2,5-6,9-12H,1,3-4,7-8,20H2;2,5-6,9-12H,1,3-4,7-8,19H2,(H,20,21,23);1,3-4,7-8,12,14,21H,2,5-6,9-11H2;1-5,7H,6,13H2. The van der Waals surface area contributed by atoms with Gasteiger partial charge >= 0.3 is 0 Å². The highest BCUT2D eigenvalue weighted by atomic mass is 35.5. The maximum atomic E-state index is 13.7. The number of anilines is 5. The fraction of sp³-hybridized carbons (Fsp3) is 0.303. The van der Waals surface area contributed by atoms with Crippen LogP contribution in [0.25, 0.3) is 33.1 Å². The summed E-state index contributed by atoms with van der Waals surface area (Å²) >= 11 is 18.3. The number of nitrogens with two attached hydrogens (primary N) is 4. The van der Waals surface area contributed by atoms with E-state index in [4.69, 9.17) is 71.9 Å². The minimum Gasteiger partial charge on any atom is -0.471 e. The van der Waals surface area contributed by atoms with Crippen LogP contribution in [0.4, 0.5) is 28.8 Å². The van der Waals surface area contributed by atoms with Crippen LogP contribution in [0, 0.1) is 0 Å². The van der Waals surface area contributed by atoms with E-state index in [0.717, 1.165) is 113 Å². The van der Waals surface area contributed by atoms with Crippen molar-refractivity contribution < 1.29 is 39.5 Å². The van der Waals surface area contributed by atoms with Crippen molar-refractivity contribution >= 4 is 126 Å². The van der Waals surface area contributed by atoms with E-state index in [2.05, 4.69) is 55.2 Å². The third-order valence-corrected chi connectivity index (χ3v) is 28.6. The number of rotatable bonds is 20. The molecule has 0 bridgehead atoms. The maximum absolute atomic E-state index is 13.7. The van der Waals surface area contributed by atoms with Crippen molar-refractivity contribution in [1.82, 2.24) is 63.5 Å². The Morgan fingerprint density at radius 2 is 0.675 bits per heavy atom. The zero-order valence-electron chi connectivity index (χ0n) is 67.4. The van der Waals surface area contributed by atoms with E-state index in [9.17, 15) is 30.0 Å². The van der Waals surface area contributed by atoms with Gasteiger partial charge in [0.15, 0.2) is 15.5 Å². The number of sulfone groups is 3. The number of nitrogen functional groups attached to an aromatic ring is 4. The van der Waals surface area contributed by atoms with Gasteiger partial charge in [-0.15, -0.1) is 0 Å². The van der Waals surface area contributed by atoms with Crippen LogP contribution in [0.15, 0.2) is 248 Å². The number of ether oxygens (including phenoxy) is 3. The molecule has 4 fully saturated rings. The number of nitrogens with one attached hydrogen (secondary N) is 2. The lowest BCUT2D eigenvalue weighted by atomic mass is 9.95. The summed E-state index contributed by atoms with van der Waals surface area (Å²) in [5.74, 6) is 1.66. The first kappa shape index (κ1) is 87.6. The number of hydrogen-bond acceptors (Lipinski definition) is 24. The third kappa shape index (κ3) is 20.1. The zero-order chi connectivity index (χ0) is 86.0. The van der Waals surface area contributed by atoms with Gasteiger partial charge in [0, 0.05) is 24.2 Å². The summed E-state index contributed by atoms with van der Waals surface area (Å²) in [5, 5.41) is 4.32. The largest absolute Gasteiger partial charge is 0.471 e. The second kappa shape index (κ2) is 40.5. The Morgan fingerprint density at radius 1 is 0.358 bits per heavy atom. The molecule has 18 rings (SSSR count). The van der Waals surface area contributed by atoms with Crippen LogP contribution in [-0.2, 0) is 49.3 Å². The molecule has 0 aliphatic heterocycles. The van der Waals surface area contributed by atoms with Gasteiger partial charge in [-0.1, -0.05) is 257 Å². The van der Waals surface area contributed by atoms with Gasteiger partial charge in [-0.2, -0.15) is 15.0 Å². The average molecular weight is 1780 g/mol. The number of hydrogen-bond donors (Lipinski definition) is 6. The van der Waals surface area contributed by atoms with Crippen molar-refractivity contribution in [2.45, 2.75) is 202 Å². The smallest absolute Gasteiger partial charge is 0.275 e. The normalized spacial score (nSPS) is 15.0. The molecular formula is C89H95Cl3N18O10S3. The van der Waals surface area contributed by atoms with Crippen LogP contribution in [0.3, 0.4) is 0 Å². The molecular weight excluding hydrogens is 1680 g/mol. The number of halogens is 3. The van der Waals surface area contributed by atoms with Gasteiger partial charge in [0.1, 0.15) is 122 Å². The van der Waals surface area contributed by atoms with Crippen molar-refractivity contribution in [2.24, 2.45) is 0 Å². The first-order valence-electron chi connectivity index (χ1n) is 40.9. The molecule has 0 atom stereocenters. The van der Waals surface area contributed by atoms with Crippen LogP contribution >= 0.6 is 34.8 Å². The van der Waals surface area contributed by atoms with Crippen LogP contribution in [0.2, 0.25) is 15.5 Å². The number of H-pyrrole nitrogens is 1. The maximum Gasteiger partial charge on any atom is 0.275 e. The van der Waals surface area contributed by atoms with Gasteiger partial charge in [-0.05, 0) is 104 Å². The molecule has 10 N–H and O–H groups in total. The van der Waals surface area contributed by atoms with Crippen molar-refractivity contribution in [2.75, 3.05) is 28.3 Å². The SMILES string of the molecule is Clc1ncnc(OCc2ccccc2)c1NC1CCCCC1.Nc1c(Cl)ncnc1OCc1ccccc1.Nc1c(S(=O)(=O)c2ccccc2)c2nc[nH]c(=O)c2n1C1CCCCC1.Nc1c(S(=O)(=O)c2ccccc2)c2ncnc(Cl)c2n1C1CCCCC1.Nc1c(S(=O)(=O)c2ccccc2)c2ncnc(OCc3ccccc3)c2n1C1CCCCC1. The lowest BCUT2D eigenvalue weighted by Gasteiger charge is -2.25. The molecule has 8 heterocycles. The molecule has 4 aliphatic rings. The Kier molecular flexibility index (Phi) is 28.9. The fourth-order valence-corrected chi connectivity index (χ4v) is 21.3. The van der Waals surface area contributed by atoms with E-state index in [1.807, 2.05) is 100 Å². The molecule has 123 heavy (non-hydrogen) atoms. The van der Waals surface area contributed by atoms with E-state index in [1.54, 1.807) is 83.4 Å². The molecule has 640 valence electrons. The molecule has 0 saturated heterocycles. The van der Waals surface area contributed by atoms with E-state index in [1.165, 1.54) is 75.9 Å². The monoisotopic (exact) mass is 1780 g/mol. The van der Waals surface area contributed by atoms with Crippen LogP contribution in [0.5, 0.6) is 17.6 Å². The third-order valence-electron chi connectivity index (χ3n) is 22.2. The summed E-state index contributed by atoms with van der Waals surface area (Å²) in [5.41, 5.74) is 30.8. The predicted octanol–water partition coefficient (Wildman–Crippen LogP) is 18.3. The molecule has 8 aromatic heterocycles. The summed E-state index contributed by atoms with van der Waals surface area (Å²) in [7, 11) is -11.6. The lowest BCUT2D eigenvalue weighted by molar-refractivity contribution is 0.293. The minimum atomic E-state index is -3.89. The molecule has 0 unspecified atom stereocenters. The molecule has 34 heteroatoms. The lowest BCUT2D eigenvalue weighted by Crippen LogP contribution is -2.23. The summed E-state index contributed by atoms with van der Waals surface area (Å²) in [4.78, 5) is 52.7. The van der Waals surface area contributed by atoms with Crippen LogP contribution in [-0.4, -0.2) is 94.8 Å². The van der Waals surface area contributed by atoms with Crippen molar-refractivity contribution in [3.8, 4) is 17.6 Å². The summed E-state index contributed by atoms with van der Waals surface area (Å²) in [6, 6.07) is 54.9. The Hall–Kier alpha value is -11.7. The van der Waals surface area contributed by atoms with Gasteiger partial charge in [0.25, 0.3) is 5.56 Å². The number of fused-ring (bicyclic) bond motifs is 3. The molecule has 4 saturated carbocycles. The van der Waals surface area contributed by atoms with Crippen molar-refractivity contribution in [3.63, 3.8) is 0 Å². The highest BCUT2D eigenvalue weighted by Gasteiger charge is 2.37. The second-order valence-corrected chi connectivity index (χ2v) is 37.0. The van der Waals surface area contributed by atoms with Gasteiger partial charge in [0.2, 0.25) is 47.2 Å². The van der Waals surface area contributed by atoms with Gasteiger partial charge < -0.3 is 61.1 Å². The van der Waals surface area contributed by atoms with E-state index < -0.39 is 29.5 Å².